The second kappa shape index (κ2) is 9.77. The lowest BCUT2D eigenvalue weighted by Gasteiger charge is -2.38. The maximum atomic E-state index is 13.1. The zero-order valence-corrected chi connectivity index (χ0v) is 17.9. The average Bonchev–Trinajstić information content (AvgIpc) is 2.76. The number of hydrogen-bond acceptors (Lipinski definition) is 2. The van der Waals surface area contributed by atoms with Crippen LogP contribution < -0.4 is 0 Å². The molecule has 0 unspecified atom stereocenters. The molecule has 0 aromatic heterocycles. The number of carbonyl (C=O) groups excluding carboxylic acids is 1. The van der Waals surface area contributed by atoms with E-state index in [1.54, 1.807) is 0 Å². The van der Waals surface area contributed by atoms with Crippen LogP contribution in [0.5, 0.6) is 0 Å². The lowest BCUT2D eigenvalue weighted by Crippen LogP contribution is -2.47. The van der Waals surface area contributed by atoms with E-state index in [4.69, 9.17) is 11.6 Å². The van der Waals surface area contributed by atoms with Crippen molar-refractivity contribution >= 4 is 17.5 Å². The molecule has 2 aliphatic rings. The molecule has 0 aliphatic carbocycles. The number of hydrogen-bond donors (Lipinski definition) is 0. The molecule has 0 saturated carbocycles. The lowest BCUT2D eigenvalue weighted by atomic mass is 9.89. The topological polar surface area (TPSA) is 23.6 Å². The minimum Gasteiger partial charge on any atom is -0.342 e. The molecule has 0 N–H and O–H groups in total. The van der Waals surface area contributed by atoms with Crippen molar-refractivity contribution in [1.29, 1.82) is 0 Å². The average molecular weight is 411 g/mol. The largest absolute Gasteiger partial charge is 0.342 e. The molecule has 2 heterocycles. The highest BCUT2D eigenvalue weighted by Crippen LogP contribution is 2.26. The highest BCUT2D eigenvalue weighted by atomic mass is 35.5. The summed E-state index contributed by atoms with van der Waals surface area (Å²) in [5.41, 5.74) is 2.69. The van der Waals surface area contributed by atoms with Crippen LogP contribution in [0.1, 0.15) is 36.8 Å². The van der Waals surface area contributed by atoms with Crippen molar-refractivity contribution in [3.63, 3.8) is 0 Å². The van der Waals surface area contributed by atoms with Crippen molar-refractivity contribution in [3.8, 4) is 0 Å². The fourth-order valence-electron chi connectivity index (χ4n) is 4.81. The SMILES string of the molecule is O=C([C@H]1CCCN(Cc2ccc(Cl)cc2)C1)N1CCC(Cc2ccccc2)CC1. The smallest absolute Gasteiger partial charge is 0.226 e. The van der Waals surface area contributed by atoms with E-state index in [1.807, 2.05) is 12.1 Å². The normalized spacial score (nSPS) is 21.3. The predicted octanol–water partition coefficient (Wildman–Crippen LogP) is 5.03. The highest BCUT2D eigenvalue weighted by molar-refractivity contribution is 6.30. The van der Waals surface area contributed by atoms with Gasteiger partial charge in [-0.15, -0.1) is 0 Å². The van der Waals surface area contributed by atoms with Crippen LogP contribution in [0.25, 0.3) is 0 Å². The number of likely N-dealkylation sites (tertiary alicyclic amines) is 2. The van der Waals surface area contributed by atoms with Crippen LogP contribution >= 0.6 is 11.6 Å². The van der Waals surface area contributed by atoms with Crippen molar-refractivity contribution < 1.29 is 4.79 Å². The molecule has 2 saturated heterocycles. The molecule has 2 aromatic rings. The quantitative estimate of drug-likeness (QED) is 0.689. The first-order chi connectivity index (χ1) is 14.2. The van der Waals surface area contributed by atoms with Gasteiger partial charge in [0.05, 0.1) is 5.92 Å². The Morgan fingerprint density at radius 2 is 1.62 bits per heavy atom. The van der Waals surface area contributed by atoms with Gasteiger partial charge < -0.3 is 4.90 Å². The molecular weight excluding hydrogens is 380 g/mol. The van der Waals surface area contributed by atoms with E-state index in [9.17, 15) is 4.79 Å². The van der Waals surface area contributed by atoms with Crippen molar-refractivity contribution in [2.24, 2.45) is 11.8 Å². The number of nitrogens with zero attached hydrogens (tertiary/aromatic N) is 2. The third-order valence-electron chi connectivity index (χ3n) is 6.47. The van der Waals surface area contributed by atoms with Gasteiger partial charge in [-0.3, -0.25) is 9.69 Å². The molecule has 1 amide bonds. The molecule has 2 aromatic carbocycles. The van der Waals surface area contributed by atoms with E-state index in [0.717, 1.165) is 69.9 Å². The molecule has 0 spiro atoms. The van der Waals surface area contributed by atoms with Crippen LogP contribution in [-0.4, -0.2) is 41.9 Å². The van der Waals surface area contributed by atoms with Crippen molar-refractivity contribution in [3.05, 3.63) is 70.7 Å². The fraction of sp³-hybridized carbons (Fsp3) is 0.480. The summed E-state index contributed by atoms with van der Waals surface area (Å²) in [6.45, 7) is 4.70. The summed E-state index contributed by atoms with van der Waals surface area (Å²) in [4.78, 5) is 17.7. The second-order valence-electron chi connectivity index (χ2n) is 8.66. The summed E-state index contributed by atoms with van der Waals surface area (Å²) in [5.74, 6) is 1.24. The molecule has 2 aliphatic heterocycles. The van der Waals surface area contributed by atoms with Gasteiger partial charge in [0.1, 0.15) is 0 Å². The van der Waals surface area contributed by atoms with E-state index in [0.29, 0.717) is 11.8 Å². The number of amides is 1. The van der Waals surface area contributed by atoms with Gasteiger partial charge in [-0.05, 0) is 67.8 Å². The number of halogens is 1. The Labute approximate surface area is 179 Å². The van der Waals surface area contributed by atoms with Crippen molar-refractivity contribution in [2.45, 2.75) is 38.6 Å². The molecule has 3 nitrogen and oxygen atoms in total. The maximum absolute atomic E-state index is 13.1. The molecule has 29 heavy (non-hydrogen) atoms. The number of piperidine rings is 2. The van der Waals surface area contributed by atoms with E-state index in [2.05, 4.69) is 52.3 Å². The molecule has 4 heteroatoms. The molecule has 154 valence electrons. The third-order valence-corrected chi connectivity index (χ3v) is 6.72. The van der Waals surface area contributed by atoms with Crippen LogP contribution in [0.2, 0.25) is 5.02 Å². The van der Waals surface area contributed by atoms with Crippen molar-refractivity contribution in [1.82, 2.24) is 9.80 Å². The minimum atomic E-state index is 0.154. The zero-order chi connectivity index (χ0) is 20.1. The molecular formula is C25H31ClN2O. The van der Waals surface area contributed by atoms with Gasteiger partial charge in [0.15, 0.2) is 0 Å². The van der Waals surface area contributed by atoms with Crippen LogP contribution in [0.15, 0.2) is 54.6 Å². The summed E-state index contributed by atoms with van der Waals surface area (Å²) >= 11 is 6.00. The summed E-state index contributed by atoms with van der Waals surface area (Å²) in [5, 5.41) is 0.774. The second-order valence-corrected chi connectivity index (χ2v) is 9.10. The Kier molecular flexibility index (Phi) is 6.89. The summed E-state index contributed by atoms with van der Waals surface area (Å²) < 4.78 is 0. The summed E-state index contributed by atoms with van der Waals surface area (Å²) in [7, 11) is 0. The number of benzene rings is 2. The first-order valence-electron chi connectivity index (χ1n) is 11.0. The van der Waals surface area contributed by atoms with E-state index < -0.39 is 0 Å². The van der Waals surface area contributed by atoms with E-state index in [-0.39, 0.29) is 5.92 Å². The molecule has 0 bridgehead atoms. The maximum Gasteiger partial charge on any atom is 0.226 e. The monoisotopic (exact) mass is 410 g/mol. The van der Waals surface area contributed by atoms with Gasteiger partial charge in [-0.1, -0.05) is 54.1 Å². The van der Waals surface area contributed by atoms with E-state index >= 15 is 0 Å². The Balaban J connectivity index is 1.26. The Hall–Kier alpha value is -1.84. The fourth-order valence-corrected chi connectivity index (χ4v) is 4.94. The predicted molar refractivity (Wildman–Crippen MR) is 119 cm³/mol. The zero-order valence-electron chi connectivity index (χ0n) is 17.1. The van der Waals surface area contributed by atoms with Crippen LogP contribution in [0, 0.1) is 11.8 Å². The summed E-state index contributed by atoms with van der Waals surface area (Å²) in [6.07, 6.45) is 5.53. The molecule has 2 fully saturated rings. The van der Waals surface area contributed by atoms with Gasteiger partial charge in [0, 0.05) is 31.2 Å². The van der Waals surface area contributed by atoms with Gasteiger partial charge in [0.2, 0.25) is 5.91 Å². The van der Waals surface area contributed by atoms with Gasteiger partial charge in [-0.25, -0.2) is 0 Å². The Morgan fingerprint density at radius 3 is 2.34 bits per heavy atom. The number of carbonyl (C=O) groups is 1. The van der Waals surface area contributed by atoms with E-state index in [1.165, 1.54) is 11.1 Å². The van der Waals surface area contributed by atoms with Gasteiger partial charge >= 0.3 is 0 Å². The summed E-state index contributed by atoms with van der Waals surface area (Å²) in [6, 6.07) is 18.8. The standard InChI is InChI=1S/C25H31ClN2O/c26-24-10-8-22(9-11-24)18-27-14-4-7-23(19-27)25(29)28-15-12-21(13-16-28)17-20-5-2-1-3-6-20/h1-3,5-6,8-11,21,23H,4,7,12-19H2/t23-/m0/s1. The van der Waals surface area contributed by atoms with Crippen molar-refractivity contribution in [2.75, 3.05) is 26.2 Å². The number of rotatable bonds is 5. The first kappa shape index (κ1) is 20.4. The first-order valence-corrected chi connectivity index (χ1v) is 11.3. The Bertz CT molecular complexity index is 784. The third kappa shape index (κ3) is 5.61. The van der Waals surface area contributed by atoms with Crippen LogP contribution in [0.4, 0.5) is 0 Å². The minimum absolute atomic E-state index is 0.154. The van der Waals surface area contributed by atoms with Gasteiger partial charge in [0.25, 0.3) is 0 Å². The molecule has 0 radical (unpaired) electrons. The molecule has 1 atom stereocenters. The lowest BCUT2D eigenvalue weighted by molar-refractivity contribution is -0.138. The van der Waals surface area contributed by atoms with Crippen LogP contribution in [0.3, 0.4) is 0 Å². The van der Waals surface area contributed by atoms with Crippen LogP contribution in [-0.2, 0) is 17.8 Å². The molecule has 4 rings (SSSR count). The Morgan fingerprint density at radius 1 is 0.897 bits per heavy atom. The van der Waals surface area contributed by atoms with Gasteiger partial charge in [-0.2, -0.15) is 0 Å². The highest BCUT2D eigenvalue weighted by Gasteiger charge is 2.31.